The number of rotatable bonds is 6. The SMILES string of the molecule is C=CC(=O)N1CC2(CCN(c3nc(N4CC(N(C)C)C4)nc4nc(-c5c(F)cccc5OC)c(Cl)cc34)CC2)C1. The van der Waals surface area contributed by atoms with E-state index in [2.05, 4.69) is 35.4 Å². The van der Waals surface area contributed by atoms with Crippen LogP contribution in [0.25, 0.3) is 22.3 Å². The van der Waals surface area contributed by atoms with Crippen molar-refractivity contribution in [2.45, 2.75) is 18.9 Å². The Morgan fingerprint density at radius 3 is 2.55 bits per heavy atom. The normalized spacial score (nSPS) is 18.7. The van der Waals surface area contributed by atoms with Gasteiger partial charge in [-0.05, 0) is 51.2 Å². The fourth-order valence-corrected chi connectivity index (χ4v) is 6.21. The number of hydrogen-bond donors (Lipinski definition) is 0. The minimum atomic E-state index is -0.468. The lowest BCUT2D eigenvalue weighted by molar-refractivity contribution is -0.139. The van der Waals surface area contributed by atoms with Gasteiger partial charge in [0.25, 0.3) is 0 Å². The number of fused-ring (bicyclic) bond motifs is 1. The zero-order valence-electron chi connectivity index (χ0n) is 23.0. The Balaban J connectivity index is 1.37. The number of likely N-dealkylation sites (tertiary alicyclic amines) is 1. The van der Waals surface area contributed by atoms with Crippen LogP contribution in [0.3, 0.4) is 0 Å². The number of nitrogens with zero attached hydrogens (tertiary/aromatic N) is 7. The fourth-order valence-electron chi connectivity index (χ4n) is 5.97. The molecule has 6 rings (SSSR count). The molecule has 9 nitrogen and oxygen atoms in total. The van der Waals surface area contributed by atoms with Crippen LogP contribution in [-0.2, 0) is 4.79 Å². The van der Waals surface area contributed by atoms with Gasteiger partial charge in [-0.1, -0.05) is 24.2 Å². The summed E-state index contributed by atoms with van der Waals surface area (Å²) in [6.07, 6.45) is 3.29. The number of halogens is 2. The lowest BCUT2D eigenvalue weighted by Gasteiger charge is -2.54. The van der Waals surface area contributed by atoms with E-state index >= 15 is 4.39 Å². The van der Waals surface area contributed by atoms with Crippen LogP contribution in [0.2, 0.25) is 5.02 Å². The Morgan fingerprint density at radius 2 is 1.90 bits per heavy atom. The van der Waals surface area contributed by atoms with E-state index in [0.717, 1.165) is 63.3 Å². The molecule has 0 radical (unpaired) electrons. The Kier molecular flexibility index (Phi) is 6.78. The van der Waals surface area contributed by atoms with Gasteiger partial charge in [0.2, 0.25) is 11.9 Å². The number of methoxy groups -OCH3 is 1. The van der Waals surface area contributed by atoms with E-state index in [1.807, 2.05) is 4.90 Å². The Labute approximate surface area is 238 Å². The number of carbonyl (C=O) groups excluding carboxylic acids is 1. The van der Waals surface area contributed by atoms with Gasteiger partial charge in [-0.25, -0.2) is 9.37 Å². The third kappa shape index (κ3) is 4.53. The molecule has 3 aromatic rings. The maximum absolute atomic E-state index is 15.0. The van der Waals surface area contributed by atoms with E-state index < -0.39 is 5.82 Å². The van der Waals surface area contributed by atoms with E-state index in [1.54, 1.807) is 18.2 Å². The summed E-state index contributed by atoms with van der Waals surface area (Å²) in [5.74, 6) is 1.26. The van der Waals surface area contributed by atoms with E-state index in [-0.39, 0.29) is 22.6 Å². The predicted molar refractivity (Wildman–Crippen MR) is 155 cm³/mol. The first-order valence-corrected chi connectivity index (χ1v) is 13.9. The van der Waals surface area contributed by atoms with Gasteiger partial charge in [-0.3, -0.25) is 4.79 Å². The molecule has 210 valence electrons. The molecule has 0 atom stereocenters. The molecule has 11 heteroatoms. The summed E-state index contributed by atoms with van der Waals surface area (Å²) < 4.78 is 20.4. The molecule has 1 spiro atoms. The topological polar surface area (TPSA) is 77.9 Å². The van der Waals surface area contributed by atoms with E-state index in [0.29, 0.717) is 28.4 Å². The number of ether oxygens (including phenoxy) is 1. The molecule has 1 aromatic carbocycles. The van der Waals surface area contributed by atoms with Crippen molar-refractivity contribution in [3.63, 3.8) is 0 Å². The Bertz CT molecular complexity index is 1480. The number of amides is 1. The number of likely N-dealkylation sites (N-methyl/N-ethyl adjacent to an activating group) is 1. The van der Waals surface area contributed by atoms with Gasteiger partial charge in [0.15, 0.2) is 5.65 Å². The summed E-state index contributed by atoms with van der Waals surface area (Å²) in [6, 6.07) is 6.86. The van der Waals surface area contributed by atoms with Crippen LogP contribution in [0.4, 0.5) is 16.2 Å². The van der Waals surface area contributed by atoms with Crippen molar-refractivity contribution in [2.75, 3.05) is 70.3 Å². The van der Waals surface area contributed by atoms with Gasteiger partial charge in [0.05, 0.1) is 28.8 Å². The van der Waals surface area contributed by atoms with E-state index in [1.165, 1.54) is 19.3 Å². The fraction of sp³-hybridized carbons (Fsp3) is 0.448. The Hall–Kier alpha value is -3.50. The van der Waals surface area contributed by atoms with Crippen LogP contribution in [0.15, 0.2) is 36.9 Å². The number of carbonyl (C=O) groups is 1. The summed E-state index contributed by atoms with van der Waals surface area (Å²) in [4.78, 5) is 35.1. The molecule has 3 aliphatic rings. The molecule has 3 fully saturated rings. The average molecular weight is 566 g/mol. The van der Waals surface area contributed by atoms with Crippen molar-refractivity contribution in [1.82, 2.24) is 24.8 Å². The summed E-state index contributed by atoms with van der Waals surface area (Å²) >= 11 is 6.76. The van der Waals surface area contributed by atoms with Crippen molar-refractivity contribution in [3.8, 4) is 17.0 Å². The average Bonchev–Trinajstić information content (AvgIpc) is 2.90. The highest BCUT2D eigenvalue weighted by atomic mass is 35.5. The van der Waals surface area contributed by atoms with Crippen LogP contribution >= 0.6 is 11.6 Å². The molecule has 2 aromatic heterocycles. The molecule has 40 heavy (non-hydrogen) atoms. The molecule has 0 aliphatic carbocycles. The molecule has 3 saturated heterocycles. The van der Waals surface area contributed by atoms with Crippen molar-refractivity contribution in [3.05, 3.63) is 47.8 Å². The monoisotopic (exact) mass is 565 g/mol. The minimum Gasteiger partial charge on any atom is -0.496 e. The summed E-state index contributed by atoms with van der Waals surface area (Å²) in [7, 11) is 5.63. The van der Waals surface area contributed by atoms with Gasteiger partial charge >= 0.3 is 0 Å². The molecular weight excluding hydrogens is 533 g/mol. The highest BCUT2D eigenvalue weighted by Crippen LogP contribution is 2.43. The van der Waals surface area contributed by atoms with Gasteiger partial charge in [-0.2, -0.15) is 9.97 Å². The van der Waals surface area contributed by atoms with Gasteiger partial charge < -0.3 is 24.3 Å². The zero-order valence-corrected chi connectivity index (χ0v) is 23.8. The van der Waals surface area contributed by atoms with E-state index in [4.69, 9.17) is 31.3 Å². The molecule has 0 unspecified atom stereocenters. The van der Waals surface area contributed by atoms with Crippen molar-refractivity contribution < 1.29 is 13.9 Å². The first-order valence-electron chi connectivity index (χ1n) is 13.5. The summed E-state index contributed by atoms with van der Waals surface area (Å²) in [5, 5.41) is 1.03. The summed E-state index contributed by atoms with van der Waals surface area (Å²) in [5.41, 5.74) is 1.10. The maximum atomic E-state index is 15.0. The van der Waals surface area contributed by atoms with Crippen LogP contribution < -0.4 is 14.5 Å². The van der Waals surface area contributed by atoms with Crippen LogP contribution in [0.5, 0.6) is 5.75 Å². The van der Waals surface area contributed by atoms with Crippen LogP contribution in [0.1, 0.15) is 12.8 Å². The number of piperidine rings is 1. The van der Waals surface area contributed by atoms with Crippen molar-refractivity contribution in [2.24, 2.45) is 5.41 Å². The second-order valence-electron chi connectivity index (χ2n) is 11.3. The lowest BCUT2D eigenvalue weighted by Crippen LogP contribution is -2.61. The molecule has 1 amide bonds. The third-order valence-electron chi connectivity index (χ3n) is 8.58. The molecule has 0 saturated carbocycles. The predicted octanol–water partition coefficient (Wildman–Crippen LogP) is 3.86. The molecule has 5 heterocycles. The molecule has 0 N–H and O–H groups in total. The lowest BCUT2D eigenvalue weighted by atomic mass is 9.72. The first kappa shape index (κ1) is 26.7. The maximum Gasteiger partial charge on any atom is 0.245 e. The van der Waals surface area contributed by atoms with Crippen molar-refractivity contribution in [1.29, 1.82) is 0 Å². The zero-order chi connectivity index (χ0) is 28.2. The van der Waals surface area contributed by atoms with Gasteiger partial charge in [0, 0.05) is 50.7 Å². The summed E-state index contributed by atoms with van der Waals surface area (Å²) in [6.45, 7) is 8.36. The number of aromatic nitrogens is 3. The highest BCUT2D eigenvalue weighted by molar-refractivity contribution is 6.34. The highest BCUT2D eigenvalue weighted by Gasteiger charge is 2.46. The molecular formula is C29H33ClFN7O2. The second kappa shape index (κ2) is 10.2. The first-order chi connectivity index (χ1) is 19.2. The van der Waals surface area contributed by atoms with Gasteiger partial charge in [0.1, 0.15) is 17.4 Å². The quantitative estimate of drug-likeness (QED) is 0.417. The van der Waals surface area contributed by atoms with E-state index in [9.17, 15) is 4.79 Å². The number of pyridine rings is 1. The largest absolute Gasteiger partial charge is 0.496 e. The molecule has 0 bridgehead atoms. The number of hydrogen-bond acceptors (Lipinski definition) is 8. The second-order valence-corrected chi connectivity index (χ2v) is 11.7. The number of anilines is 2. The standard InChI is InChI=1S/C29H33ClFN7O2/c1-5-23(39)38-16-29(17-38)9-11-36(12-10-29)27-19-13-20(30)25(24-21(31)7-6-8-22(24)40-4)32-26(19)33-28(34-27)37-14-18(15-37)35(2)3/h5-8,13,18H,1,9-12,14-17H2,2-4H3. The smallest absolute Gasteiger partial charge is 0.245 e. The Morgan fingerprint density at radius 1 is 1.18 bits per heavy atom. The molecule has 3 aliphatic heterocycles. The van der Waals surface area contributed by atoms with Gasteiger partial charge in [-0.15, -0.1) is 0 Å². The number of benzene rings is 1. The van der Waals surface area contributed by atoms with Crippen molar-refractivity contribution >= 4 is 40.3 Å². The minimum absolute atomic E-state index is 0.00642. The van der Waals surface area contributed by atoms with Crippen LogP contribution in [-0.4, -0.2) is 97.2 Å². The third-order valence-corrected chi connectivity index (χ3v) is 8.87. The van der Waals surface area contributed by atoms with Crippen LogP contribution in [0, 0.1) is 11.2 Å².